The van der Waals surface area contributed by atoms with E-state index >= 15 is 0 Å². The third-order valence-electron chi connectivity index (χ3n) is 3.58. The predicted molar refractivity (Wildman–Crippen MR) is 83.1 cm³/mol. The quantitative estimate of drug-likeness (QED) is 0.896. The molecule has 0 aliphatic heterocycles. The summed E-state index contributed by atoms with van der Waals surface area (Å²) in [5.74, 6) is 0.319. The monoisotopic (exact) mass is 267 g/mol. The van der Waals surface area contributed by atoms with Crippen LogP contribution in [-0.2, 0) is 0 Å². The number of aryl methyl sites for hydroxylation is 2. The molecule has 0 heterocycles. The van der Waals surface area contributed by atoms with E-state index in [1.54, 1.807) is 0 Å². The normalized spacial score (nSPS) is 11.9. The maximum Gasteiger partial charge on any atom is 0.251 e. The average molecular weight is 267 g/mol. The van der Waals surface area contributed by atoms with E-state index in [1.807, 2.05) is 50.2 Å². The minimum atomic E-state index is 0.00832. The van der Waals surface area contributed by atoms with Gasteiger partial charge in [-0.15, -0.1) is 0 Å². The van der Waals surface area contributed by atoms with E-state index in [-0.39, 0.29) is 5.91 Å². The second-order valence-corrected chi connectivity index (χ2v) is 5.34. The first kappa shape index (κ1) is 14.3. The molecule has 0 saturated heterocycles. The van der Waals surface area contributed by atoms with Crippen LogP contribution in [0.15, 0.2) is 48.5 Å². The SMILES string of the molecule is Cc1ccc(C)c(C(=O)NC[C@H](C)c2ccccc2)c1. The highest BCUT2D eigenvalue weighted by molar-refractivity contribution is 5.95. The van der Waals surface area contributed by atoms with Crippen LogP contribution in [0.4, 0.5) is 0 Å². The highest BCUT2D eigenvalue weighted by Gasteiger charge is 2.11. The van der Waals surface area contributed by atoms with Gasteiger partial charge in [-0.05, 0) is 37.0 Å². The minimum Gasteiger partial charge on any atom is -0.351 e. The van der Waals surface area contributed by atoms with E-state index in [0.717, 1.165) is 16.7 Å². The van der Waals surface area contributed by atoms with Crippen molar-refractivity contribution in [1.82, 2.24) is 5.32 Å². The second-order valence-electron chi connectivity index (χ2n) is 5.34. The fourth-order valence-electron chi connectivity index (χ4n) is 2.22. The van der Waals surface area contributed by atoms with Gasteiger partial charge in [0.25, 0.3) is 5.91 Å². The summed E-state index contributed by atoms with van der Waals surface area (Å²) >= 11 is 0. The molecule has 0 radical (unpaired) electrons. The van der Waals surface area contributed by atoms with Crippen LogP contribution in [0.2, 0.25) is 0 Å². The van der Waals surface area contributed by atoms with Gasteiger partial charge in [0, 0.05) is 12.1 Å². The Kier molecular flexibility index (Phi) is 4.57. The molecule has 2 rings (SSSR count). The molecule has 0 aromatic heterocycles. The Morgan fingerprint density at radius 1 is 1.10 bits per heavy atom. The van der Waals surface area contributed by atoms with Crippen LogP contribution in [0.3, 0.4) is 0 Å². The molecule has 2 aromatic carbocycles. The number of carbonyl (C=O) groups excluding carboxylic acids is 1. The summed E-state index contributed by atoms with van der Waals surface area (Å²) in [6, 6.07) is 16.2. The van der Waals surface area contributed by atoms with Crippen LogP contribution < -0.4 is 5.32 Å². The lowest BCUT2D eigenvalue weighted by Crippen LogP contribution is -2.28. The van der Waals surface area contributed by atoms with Gasteiger partial charge in [-0.2, -0.15) is 0 Å². The van der Waals surface area contributed by atoms with Crippen LogP contribution in [0.25, 0.3) is 0 Å². The zero-order valence-corrected chi connectivity index (χ0v) is 12.3. The summed E-state index contributed by atoms with van der Waals surface area (Å²) in [7, 11) is 0. The Bertz CT molecular complexity index is 590. The molecule has 0 bridgehead atoms. The van der Waals surface area contributed by atoms with E-state index in [2.05, 4.69) is 24.4 Å². The molecule has 1 amide bonds. The molecule has 1 atom stereocenters. The topological polar surface area (TPSA) is 29.1 Å². The summed E-state index contributed by atoms with van der Waals surface area (Å²) in [4.78, 5) is 12.2. The summed E-state index contributed by atoms with van der Waals surface area (Å²) in [5.41, 5.74) is 4.14. The van der Waals surface area contributed by atoms with Crippen LogP contribution in [0.1, 0.15) is 39.9 Å². The Hall–Kier alpha value is -2.09. The number of benzene rings is 2. The number of rotatable bonds is 4. The summed E-state index contributed by atoms with van der Waals surface area (Å²) in [6.45, 7) is 6.74. The first-order valence-electron chi connectivity index (χ1n) is 6.98. The standard InChI is InChI=1S/C18H21NO/c1-13-9-10-14(2)17(11-13)18(20)19-12-15(3)16-7-5-4-6-8-16/h4-11,15H,12H2,1-3H3,(H,19,20)/t15-/m0/s1. The number of hydrogen-bond acceptors (Lipinski definition) is 1. The summed E-state index contributed by atoms with van der Waals surface area (Å²) in [6.07, 6.45) is 0. The van der Waals surface area contributed by atoms with Crippen molar-refractivity contribution in [3.63, 3.8) is 0 Å². The largest absolute Gasteiger partial charge is 0.351 e. The molecule has 0 fully saturated rings. The van der Waals surface area contributed by atoms with Crippen molar-refractivity contribution in [1.29, 1.82) is 0 Å². The van der Waals surface area contributed by atoms with E-state index < -0.39 is 0 Å². The van der Waals surface area contributed by atoms with E-state index in [4.69, 9.17) is 0 Å². The highest BCUT2D eigenvalue weighted by Crippen LogP contribution is 2.14. The van der Waals surface area contributed by atoms with Gasteiger partial charge in [0.05, 0.1) is 0 Å². The molecule has 2 heteroatoms. The average Bonchev–Trinajstić information content (AvgIpc) is 2.47. The van der Waals surface area contributed by atoms with Gasteiger partial charge in [-0.3, -0.25) is 4.79 Å². The molecule has 2 nitrogen and oxygen atoms in total. The molecule has 0 spiro atoms. The molecule has 0 aliphatic carbocycles. The molecule has 0 saturated carbocycles. The zero-order valence-electron chi connectivity index (χ0n) is 12.3. The molecule has 0 unspecified atom stereocenters. The lowest BCUT2D eigenvalue weighted by Gasteiger charge is -2.14. The van der Waals surface area contributed by atoms with Gasteiger partial charge in [0.2, 0.25) is 0 Å². The van der Waals surface area contributed by atoms with Crippen molar-refractivity contribution >= 4 is 5.91 Å². The number of amides is 1. The van der Waals surface area contributed by atoms with Crippen molar-refractivity contribution in [2.24, 2.45) is 0 Å². The zero-order chi connectivity index (χ0) is 14.5. The van der Waals surface area contributed by atoms with Crippen molar-refractivity contribution in [3.8, 4) is 0 Å². The number of nitrogens with one attached hydrogen (secondary N) is 1. The lowest BCUT2D eigenvalue weighted by atomic mass is 10.0. The summed E-state index contributed by atoms with van der Waals surface area (Å²) in [5, 5.41) is 3.03. The van der Waals surface area contributed by atoms with Gasteiger partial charge < -0.3 is 5.32 Å². The third kappa shape index (κ3) is 3.47. The van der Waals surface area contributed by atoms with Gasteiger partial charge in [-0.1, -0.05) is 55.0 Å². The molecule has 104 valence electrons. The van der Waals surface area contributed by atoms with E-state index in [9.17, 15) is 4.79 Å². The molecule has 20 heavy (non-hydrogen) atoms. The van der Waals surface area contributed by atoms with Gasteiger partial charge in [0.15, 0.2) is 0 Å². The highest BCUT2D eigenvalue weighted by atomic mass is 16.1. The van der Waals surface area contributed by atoms with Crippen molar-refractivity contribution in [2.75, 3.05) is 6.54 Å². The van der Waals surface area contributed by atoms with Crippen LogP contribution >= 0.6 is 0 Å². The molecule has 2 aromatic rings. The van der Waals surface area contributed by atoms with Crippen molar-refractivity contribution < 1.29 is 4.79 Å². The minimum absolute atomic E-state index is 0.00832. The Labute approximate surface area is 120 Å². The van der Waals surface area contributed by atoms with Crippen LogP contribution in [0.5, 0.6) is 0 Å². The maximum absolute atomic E-state index is 12.2. The first-order valence-corrected chi connectivity index (χ1v) is 6.98. The van der Waals surface area contributed by atoms with Crippen LogP contribution in [0, 0.1) is 13.8 Å². The van der Waals surface area contributed by atoms with Gasteiger partial charge in [-0.25, -0.2) is 0 Å². The molecule has 0 aliphatic rings. The predicted octanol–water partition coefficient (Wildman–Crippen LogP) is 3.84. The second kappa shape index (κ2) is 6.38. The fraction of sp³-hybridized carbons (Fsp3) is 0.278. The molecule has 1 N–H and O–H groups in total. The molecular formula is C18H21NO. The fourth-order valence-corrected chi connectivity index (χ4v) is 2.22. The number of carbonyl (C=O) groups is 1. The van der Waals surface area contributed by atoms with Gasteiger partial charge >= 0.3 is 0 Å². The van der Waals surface area contributed by atoms with Gasteiger partial charge in [0.1, 0.15) is 0 Å². The summed E-state index contributed by atoms with van der Waals surface area (Å²) < 4.78 is 0. The smallest absolute Gasteiger partial charge is 0.251 e. The lowest BCUT2D eigenvalue weighted by molar-refractivity contribution is 0.0951. The Morgan fingerprint density at radius 2 is 1.80 bits per heavy atom. The Morgan fingerprint density at radius 3 is 2.50 bits per heavy atom. The van der Waals surface area contributed by atoms with Crippen molar-refractivity contribution in [2.45, 2.75) is 26.7 Å². The number of hydrogen-bond donors (Lipinski definition) is 1. The third-order valence-corrected chi connectivity index (χ3v) is 3.58. The van der Waals surface area contributed by atoms with Crippen molar-refractivity contribution in [3.05, 3.63) is 70.8 Å². The molecular weight excluding hydrogens is 246 g/mol. The van der Waals surface area contributed by atoms with E-state index in [1.165, 1.54) is 5.56 Å². The van der Waals surface area contributed by atoms with E-state index in [0.29, 0.717) is 12.5 Å². The Balaban J connectivity index is 2.00. The first-order chi connectivity index (χ1) is 9.58. The van der Waals surface area contributed by atoms with Crippen LogP contribution in [-0.4, -0.2) is 12.5 Å². The maximum atomic E-state index is 12.2.